The van der Waals surface area contributed by atoms with Crippen molar-refractivity contribution in [1.29, 1.82) is 0 Å². The van der Waals surface area contributed by atoms with Gasteiger partial charge < -0.3 is 9.73 Å². The Morgan fingerprint density at radius 1 is 1.40 bits per heavy atom. The van der Waals surface area contributed by atoms with Crippen molar-refractivity contribution in [2.45, 2.75) is 33.2 Å². The molecule has 1 amide bonds. The van der Waals surface area contributed by atoms with Crippen LogP contribution in [0.4, 0.5) is 0 Å². The number of nitrogens with zero attached hydrogens (tertiary/aromatic N) is 1. The predicted molar refractivity (Wildman–Crippen MR) is 77.9 cm³/mol. The maximum absolute atomic E-state index is 12.1. The quantitative estimate of drug-likeness (QED) is 0.858. The van der Waals surface area contributed by atoms with Crippen LogP contribution in [0.3, 0.4) is 0 Å². The zero-order chi connectivity index (χ0) is 14.5. The maximum atomic E-state index is 12.1. The Labute approximate surface area is 123 Å². The van der Waals surface area contributed by atoms with E-state index in [-0.39, 0.29) is 5.91 Å². The molecule has 0 unspecified atom stereocenters. The second-order valence-electron chi connectivity index (χ2n) is 4.61. The summed E-state index contributed by atoms with van der Waals surface area (Å²) in [5.74, 6) is 1.37. The van der Waals surface area contributed by atoms with Gasteiger partial charge in [0, 0.05) is 11.3 Å². The number of hydrogen-bond acceptors (Lipinski definition) is 3. The Morgan fingerprint density at radius 2 is 2.20 bits per heavy atom. The summed E-state index contributed by atoms with van der Waals surface area (Å²) in [5.41, 5.74) is 1.36. The first-order valence-electron chi connectivity index (χ1n) is 6.58. The van der Waals surface area contributed by atoms with E-state index in [1.54, 1.807) is 12.1 Å². The van der Waals surface area contributed by atoms with Gasteiger partial charge in [-0.05, 0) is 37.6 Å². The Balaban J connectivity index is 2.04. The number of pyridine rings is 1. The second-order valence-corrected chi connectivity index (χ2v) is 5.00. The summed E-state index contributed by atoms with van der Waals surface area (Å²) >= 11 is 5.94. The zero-order valence-electron chi connectivity index (χ0n) is 11.6. The molecule has 0 aliphatic rings. The molecule has 0 fully saturated rings. The van der Waals surface area contributed by atoms with Gasteiger partial charge >= 0.3 is 0 Å². The molecule has 0 aliphatic carbocycles. The van der Waals surface area contributed by atoms with Gasteiger partial charge in [0.1, 0.15) is 16.7 Å². The van der Waals surface area contributed by atoms with E-state index in [2.05, 4.69) is 17.2 Å². The largest absolute Gasteiger partial charge is 0.465 e. The molecule has 1 N–H and O–H groups in total. The monoisotopic (exact) mass is 292 g/mol. The first-order chi connectivity index (χ1) is 9.58. The van der Waals surface area contributed by atoms with E-state index < -0.39 is 0 Å². The minimum atomic E-state index is -0.180. The van der Waals surface area contributed by atoms with Crippen LogP contribution >= 0.6 is 11.6 Å². The van der Waals surface area contributed by atoms with Gasteiger partial charge in [-0.25, -0.2) is 4.98 Å². The number of carbonyl (C=O) groups excluding carboxylic acids is 1. The minimum Gasteiger partial charge on any atom is -0.465 e. The molecule has 20 heavy (non-hydrogen) atoms. The predicted octanol–water partition coefficient (Wildman–Crippen LogP) is 3.52. The fourth-order valence-corrected chi connectivity index (χ4v) is 2.14. The Bertz CT molecular complexity index is 608. The molecule has 2 aromatic heterocycles. The van der Waals surface area contributed by atoms with Gasteiger partial charge in [0.25, 0.3) is 5.91 Å². The molecule has 0 saturated heterocycles. The molecule has 0 aromatic carbocycles. The summed E-state index contributed by atoms with van der Waals surface area (Å²) in [6.07, 6.45) is 1.76. The number of aromatic nitrogens is 1. The van der Waals surface area contributed by atoms with E-state index in [0.29, 0.717) is 17.3 Å². The van der Waals surface area contributed by atoms with Crippen molar-refractivity contribution in [3.05, 3.63) is 52.2 Å². The molecule has 0 spiro atoms. The summed E-state index contributed by atoms with van der Waals surface area (Å²) in [4.78, 5) is 16.3. The summed E-state index contributed by atoms with van der Waals surface area (Å²) in [5, 5.41) is 3.15. The lowest BCUT2D eigenvalue weighted by atomic mass is 10.1. The molecule has 0 bridgehead atoms. The van der Waals surface area contributed by atoms with Crippen LogP contribution in [0.5, 0.6) is 0 Å². The average molecular weight is 293 g/mol. The standard InChI is InChI=1S/C15H17ClN2O2/c1-3-4-12-7-11(8-14(16)18-12)15(19)17-9-13-6-5-10(2)20-13/h5-8H,3-4,9H2,1-2H3,(H,17,19). The van der Waals surface area contributed by atoms with E-state index in [1.165, 1.54) is 0 Å². The molecule has 5 heteroatoms. The number of carbonyl (C=O) groups is 1. The van der Waals surface area contributed by atoms with Gasteiger partial charge in [0.15, 0.2) is 0 Å². The lowest BCUT2D eigenvalue weighted by molar-refractivity contribution is 0.0947. The topological polar surface area (TPSA) is 55.1 Å². The highest BCUT2D eigenvalue weighted by Crippen LogP contribution is 2.13. The SMILES string of the molecule is CCCc1cc(C(=O)NCc2ccc(C)o2)cc(Cl)n1. The third kappa shape index (κ3) is 3.84. The van der Waals surface area contributed by atoms with Crippen LogP contribution in [0.25, 0.3) is 0 Å². The summed E-state index contributed by atoms with van der Waals surface area (Å²) in [6, 6.07) is 7.06. The van der Waals surface area contributed by atoms with Gasteiger partial charge in [-0.15, -0.1) is 0 Å². The van der Waals surface area contributed by atoms with Crippen molar-refractivity contribution < 1.29 is 9.21 Å². The Morgan fingerprint density at radius 3 is 2.85 bits per heavy atom. The Hall–Kier alpha value is -1.81. The van der Waals surface area contributed by atoms with Crippen LogP contribution in [0.1, 0.15) is 40.9 Å². The lowest BCUT2D eigenvalue weighted by Crippen LogP contribution is -2.22. The first kappa shape index (κ1) is 14.6. The maximum Gasteiger partial charge on any atom is 0.251 e. The fourth-order valence-electron chi connectivity index (χ4n) is 1.92. The molecule has 2 aromatic rings. The number of amides is 1. The number of nitrogens with one attached hydrogen (secondary N) is 1. The van der Waals surface area contributed by atoms with E-state index >= 15 is 0 Å². The number of aryl methyl sites for hydroxylation is 2. The van der Waals surface area contributed by atoms with Crippen molar-refractivity contribution in [2.24, 2.45) is 0 Å². The fraction of sp³-hybridized carbons (Fsp3) is 0.333. The second kappa shape index (κ2) is 6.57. The van der Waals surface area contributed by atoms with Crippen LogP contribution in [0, 0.1) is 6.92 Å². The molecule has 0 radical (unpaired) electrons. The van der Waals surface area contributed by atoms with Crippen LogP contribution in [-0.4, -0.2) is 10.9 Å². The molecular formula is C15H17ClN2O2. The molecule has 2 rings (SSSR count). The number of rotatable bonds is 5. The molecule has 0 atom stereocenters. The molecule has 0 aliphatic heterocycles. The third-order valence-corrected chi connectivity index (χ3v) is 3.03. The normalized spacial score (nSPS) is 10.6. The highest BCUT2D eigenvalue weighted by atomic mass is 35.5. The number of halogens is 1. The van der Waals surface area contributed by atoms with Gasteiger partial charge in [-0.1, -0.05) is 24.9 Å². The van der Waals surface area contributed by atoms with Gasteiger partial charge in [0.2, 0.25) is 0 Å². The summed E-state index contributed by atoms with van der Waals surface area (Å²) in [6.45, 7) is 4.28. The molecule has 4 nitrogen and oxygen atoms in total. The lowest BCUT2D eigenvalue weighted by Gasteiger charge is -2.06. The molecule has 106 valence electrons. The smallest absolute Gasteiger partial charge is 0.251 e. The molecular weight excluding hydrogens is 276 g/mol. The van der Waals surface area contributed by atoms with Crippen LogP contribution < -0.4 is 5.32 Å². The van der Waals surface area contributed by atoms with E-state index in [9.17, 15) is 4.79 Å². The minimum absolute atomic E-state index is 0.180. The third-order valence-electron chi connectivity index (χ3n) is 2.83. The average Bonchev–Trinajstić information content (AvgIpc) is 2.81. The Kier molecular flexibility index (Phi) is 4.79. The van der Waals surface area contributed by atoms with Gasteiger partial charge in [-0.3, -0.25) is 4.79 Å². The van der Waals surface area contributed by atoms with E-state index in [0.717, 1.165) is 30.1 Å². The summed E-state index contributed by atoms with van der Waals surface area (Å²) < 4.78 is 5.40. The summed E-state index contributed by atoms with van der Waals surface area (Å²) in [7, 11) is 0. The van der Waals surface area contributed by atoms with E-state index in [4.69, 9.17) is 16.0 Å². The van der Waals surface area contributed by atoms with Crippen LogP contribution in [-0.2, 0) is 13.0 Å². The van der Waals surface area contributed by atoms with Crippen LogP contribution in [0.2, 0.25) is 5.15 Å². The van der Waals surface area contributed by atoms with Gasteiger partial charge in [-0.2, -0.15) is 0 Å². The van der Waals surface area contributed by atoms with Crippen molar-refractivity contribution in [1.82, 2.24) is 10.3 Å². The zero-order valence-corrected chi connectivity index (χ0v) is 12.3. The van der Waals surface area contributed by atoms with Crippen LogP contribution in [0.15, 0.2) is 28.7 Å². The molecule has 2 heterocycles. The number of hydrogen-bond donors (Lipinski definition) is 1. The van der Waals surface area contributed by atoms with Crippen molar-refractivity contribution in [3.63, 3.8) is 0 Å². The van der Waals surface area contributed by atoms with Crippen molar-refractivity contribution in [3.8, 4) is 0 Å². The van der Waals surface area contributed by atoms with Crippen molar-refractivity contribution >= 4 is 17.5 Å². The van der Waals surface area contributed by atoms with Gasteiger partial charge in [0.05, 0.1) is 6.54 Å². The highest BCUT2D eigenvalue weighted by Gasteiger charge is 2.10. The van der Waals surface area contributed by atoms with Crippen molar-refractivity contribution in [2.75, 3.05) is 0 Å². The highest BCUT2D eigenvalue weighted by molar-refractivity contribution is 6.29. The number of furan rings is 1. The van der Waals surface area contributed by atoms with E-state index in [1.807, 2.05) is 19.1 Å². The first-order valence-corrected chi connectivity index (χ1v) is 6.96. The molecule has 0 saturated carbocycles.